The van der Waals surface area contributed by atoms with Gasteiger partial charge in [0.15, 0.2) is 0 Å². The van der Waals surface area contributed by atoms with Gasteiger partial charge in [-0.25, -0.2) is 0 Å². The first-order chi connectivity index (χ1) is 7.11. The van der Waals surface area contributed by atoms with E-state index >= 15 is 0 Å². The summed E-state index contributed by atoms with van der Waals surface area (Å²) in [5, 5.41) is 8.64. The van der Waals surface area contributed by atoms with Crippen molar-refractivity contribution in [3.8, 4) is 0 Å². The highest BCUT2D eigenvalue weighted by Crippen LogP contribution is 2.26. The van der Waals surface area contributed by atoms with Crippen LogP contribution in [-0.4, -0.2) is 14.8 Å². The van der Waals surface area contributed by atoms with Crippen LogP contribution in [0.25, 0.3) is 0 Å². The van der Waals surface area contributed by atoms with Crippen LogP contribution in [0.1, 0.15) is 64.7 Å². The zero-order chi connectivity index (χ0) is 11.4. The molecule has 0 aliphatic rings. The number of hydrogen-bond donors (Lipinski definition) is 0. The van der Waals surface area contributed by atoms with E-state index in [9.17, 15) is 0 Å². The van der Waals surface area contributed by atoms with Crippen molar-refractivity contribution in [3.63, 3.8) is 0 Å². The highest BCUT2D eigenvalue weighted by atomic mass is 35.5. The fourth-order valence-electron chi connectivity index (χ4n) is 1.86. The van der Waals surface area contributed by atoms with Crippen molar-refractivity contribution in [1.82, 2.24) is 14.8 Å². The molecule has 0 aliphatic heterocycles. The zero-order valence-electron chi connectivity index (χ0n) is 10.00. The van der Waals surface area contributed by atoms with E-state index in [1.807, 2.05) is 0 Å². The quantitative estimate of drug-likeness (QED) is 0.769. The van der Waals surface area contributed by atoms with Crippen LogP contribution in [0.4, 0.5) is 0 Å². The standard InChI is InChI=1S/C11H20ClN3/c1-5-7-9(6-2)15-10(8(3)4)13-14-11(15)12/h8-9H,5-7H2,1-4H3. The number of aromatic nitrogens is 3. The molecule has 0 N–H and O–H groups in total. The summed E-state index contributed by atoms with van der Waals surface area (Å²) < 4.78 is 2.09. The van der Waals surface area contributed by atoms with Gasteiger partial charge >= 0.3 is 0 Å². The van der Waals surface area contributed by atoms with Crippen LogP contribution in [0.3, 0.4) is 0 Å². The number of hydrogen-bond acceptors (Lipinski definition) is 2. The molecule has 4 heteroatoms. The van der Waals surface area contributed by atoms with E-state index in [1.165, 1.54) is 0 Å². The van der Waals surface area contributed by atoms with Gasteiger partial charge in [-0.05, 0) is 24.4 Å². The minimum atomic E-state index is 0.371. The average Bonchev–Trinajstić information content (AvgIpc) is 2.57. The normalized spacial score (nSPS) is 13.5. The molecule has 0 saturated carbocycles. The Morgan fingerprint density at radius 1 is 1.27 bits per heavy atom. The molecule has 3 nitrogen and oxygen atoms in total. The number of halogens is 1. The maximum Gasteiger partial charge on any atom is 0.225 e. The predicted molar refractivity (Wildman–Crippen MR) is 63.4 cm³/mol. The average molecular weight is 230 g/mol. The van der Waals surface area contributed by atoms with E-state index in [0.29, 0.717) is 17.2 Å². The molecule has 0 amide bonds. The van der Waals surface area contributed by atoms with Crippen molar-refractivity contribution in [1.29, 1.82) is 0 Å². The van der Waals surface area contributed by atoms with Crippen molar-refractivity contribution >= 4 is 11.6 Å². The second-order valence-electron chi connectivity index (χ2n) is 4.20. The van der Waals surface area contributed by atoms with Crippen molar-refractivity contribution in [2.45, 2.75) is 58.9 Å². The topological polar surface area (TPSA) is 30.7 Å². The third-order valence-electron chi connectivity index (χ3n) is 2.66. The first-order valence-electron chi connectivity index (χ1n) is 5.72. The van der Waals surface area contributed by atoms with Crippen LogP contribution in [0.2, 0.25) is 5.28 Å². The molecular weight excluding hydrogens is 210 g/mol. The van der Waals surface area contributed by atoms with Crippen molar-refractivity contribution < 1.29 is 0 Å². The van der Waals surface area contributed by atoms with E-state index < -0.39 is 0 Å². The summed E-state index contributed by atoms with van der Waals surface area (Å²) in [7, 11) is 0. The Hall–Kier alpha value is -0.570. The summed E-state index contributed by atoms with van der Waals surface area (Å²) >= 11 is 6.09. The molecule has 1 rings (SSSR count). The molecule has 0 saturated heterocycles. The van der Waals surface area contributed by atoms with Gasteiger partial charge in [-0.3, -0.25) is 4.57 Å². The third-order valence-corrected chi connectivity index (χ3v) is 2.91. The van der Waals surface area contributed by atoms with Gasteiger partial charge in [0.1, 0.15) is 5.82 Å². The number of rotatable bonds is 5. The molecule has 0 bridgehead atoms. The van der Waals surface area contributed by atoms with Gasteiger partial charge in [0.2, 0.25) is 5.28 Å². The first-order valence-corrected chi connectivity index (χ1v) is 6.09. The SMILES string of the molecule is CCCC(CC)n1c(Cl)nnc1C(C)C. The Labute approximate surface area is 96.8 Å². The maximum atomic E-state index is 6.09. The lowest BCUT2D eigenvalue weighted by Crippen LogP contribution is -2.13. The molecule has 0 spiro atoms. The van der Waals surface area contributed by atoms with Crippen LogP contribution in [-0.2, 0) is 0 Å². The largest absolute Gasteiger partial charge is 0.298 e. The fraction of sp³-hybridized carbons (Fsp3) is 0.818. The Kier molecular flexibility index (Phi) is 4.58. The number of nitrogens with zero attached hydrogens (tertiary/aromatic N) is 3. The second-order valence-corrected chi connectivity index (χ2v) is 4.54. The molecular formula is C11H20ClN3. The minimum Gasteiger partial charge on any atom is -0.298 e. The van der Waals surface area contributed by atoms with Gasteiger partial charge < -0.3 is 0 Å². The zero-order valence-corrected chi connectivity index (χ0v) is 10.8. The monoisotopic (exact) mass is 229 g/mol. The van der Waals surface area contributed by atoms with Crippen LogP contribution in [0.5, 0.6) is 0 Å². The van der Waals surface area contributed by atoms with Gasteiger partial charge in [0, 0.05) is 12.0 Å². The van der Waals surface area contributed by atoms with Crippen molar-refractivity contribution in [2.24, 2.45) is 0 Å². The highest BCUT2D eigenvalue weighted by molar-refractivity contribution is 6.28. The molecule has 0 radical (unpaired) electrons. The Bertz CT molecular complexity index is 307. The molecule has 1 aromatic rings. The highest BCUT2D eigenvalue weighted by Gasteiger charge is 2.19. The van der Waals surface area contributed by atoms with Crippen LogP contribution in [0, 0.1) is 0 Å². The minimum absolute atomic E-state index is 0.371. The van der Waals surface area contributed by atoms with Crippen LogP contribution in [0.15, 0.2) is 0 Å². The van der Waals surface area contributed by atoms with E-state index in [0.717, 1.165) is 25.1 Å². The van der Waals surface area contributed by atoms with Gasteiger partial charge in [-0.2, -0.15) is 0 Å². The fourth-order valence-corrected chi connectivity index (χ4v) is 2.13. The van der Waals surface area contributed by atoms with E-state index in [4.69, 9.17) is 11.6 Å². The maximum absolute atomic E-state index is 6.09. The molecule has 1 atom stereocenters. The van der Waals surface area contributed by atoms with E-state index in [2.05, 4.69) is 42.5 Å². The van der Waals surface area contributed by atoms with Gasteiger partial charge in [-0.1, -0.05) is 34.1 Å². The van der Waals surface area contributed by atoms with Crippen LogP contribution >= 0.6 is 11.6 Å². The summed E-state index contributed by atoms with van der Waals surface area (Å²) in [6, 6.07) is 0.440. The predicted octanol–water partition coefficient (Wildman–Crippen LogP) is 3.81. The Morgan fingerprint density at radius 2 is 1.93 bits per heavy atom. The molecule has 0 aliphatic carbocycles. The summed E-state index contributed by atoms with van der Waals surface area (Å²) in [6.07, 6.45) is 3.36. The molecule has 86 valence electrons. The van der Waals surface area contributed by atoms with Crippen LogP contribution < -0.4 is 0 Å². The molecule has 0 fully saturated rings. The summed E-state index contributed by atoms with van der Waals surface area (Å²) in [4.78, 5) is 0. The molecule has 15 heavy (non-hydrogen) atoms. The third kappa shape index (κ3) is 2.71. The van der Waals surface area contributed by atoms with Gasteiger partial charge in [0.25, 0.3) is 0 Å². The smallest absolute Gasteiger partial charge is 0.225 e. The molecule has 1 aromatic heterocycles. The molecule has 1 unspecified atom stereocenters. The lowest BCUT2D eigenvalue weighted by atomic mass is 10.1. The lowest BCUT2D eigenvalue weighted by molar-refractivity contribution is 0.427. The van der Waals surface area contributed by atoms with Gasteiger partial charge in [0.05, 0.1) is 0 Å². The Balaban J connectivity index is 3.03. The van der Waals surface area contributed by atoms with Crippen molar-refractivity contribution in [3.05, 3.63) is 11.1 Å². The molecule has 0 aromatic carbocycles. The lowest BCUT2D eigenvalue weighted by Gasteiger charge is -2.19. The Morgan fingerprint density at radius 3 is 2.40 bits per heavy atom. The van der Waals surface area contributed by atoms with Crippen molar-refractivity contribution in [2.75, 3.05) is 0 Å². The summed E-state index contributed by atoms with van der Waals surface area (Å²) in [5.74, 6) is 1.37. The van der Waals surface area contributed by atoms with E-state index in [1.54, 1.807) is 0 Å². The summed E-state index contributed by atoms with van der Waals surface area (Å²) in [5.41, 5.74) is 0. The molecule has 1 heterocycles. The summed E-state index contributed by atoms with van der Waals surface area (Å²) in [6.45, 7) is 8.61. The van der Waals surface area contributed by atoms with Gasteiger partial charge in [-0.15, -0.1) is 10.2 Å². The van der Waals surface area contributed by atoms with E-state index in [-0.39, 0.29) is 0 Å². The second kappa shape index (κ2) is 5.50. The first kappa shape index (κ1) is 12.5.